The van der Waals surface area contributed by atoms with Gasteiger partial charge in [-0.2, -0.15) is 0 Å². The molecule has 1 rings (SSSR count). The van der Waals surface area contributed by atoms with Gasteiger partial charge in [-0.15, -0.1) is 0 Å². The molecule has 0 aliphatic rings. The van der Waals surface area contributed by atoms with Gasteiger partial charge in [0.25, 0.3) is 0 Å². The van der Waals surface area contributed by atoms with Crippen LogP contribution < -0.4 is 5.32 Å². The Hall–Kier alpha value is -0.570. The summed E-state index contributed by atoms with van der Waals surface area (Å²) in [6.45, 7) is 10.1. The average molecular weight is 270 g/mol. The van der Waals surface area contributed by atoms with E-state index in [2.05, 4.69) is 32.2 Å². The summed E-state index contributed by atoms with van der Waals surface area (Å²) in [5, 5.41) is 4.42. The Morgan fingerprint density at radius 3 is 2.44 bits per heavy atom. The summed E-state index contributed by atoms with van der Waals surface area (Å²) in [5.41, 5.74) is 1.14. The zero-order chi connectivity index (χ0) is 13.5. The van der Waals surface area contributed by atoms with Crippen LogP contribution in [0.2, 0.25) is 5.02 Å². The Balaban J connectivity index is 2.66. The van der Waals surface area contributed by atoms with Gasteiger partial charge in [0, 0.05) is 23.7 Å². The molecule has 0 saturated carbocycles. The standard InChI is InChI=1S/C15H24ClNO/c1-5-18-10-15(11(2)3)17-12(4)13-8-6-7-9-14(13)16/h6-9,11-12,15,17H,5,10H2,1-4H3. The quantitative estimate of drug-likeness (QED) is 0.806. The zero-order valence-electron chi connectivity index (χ0n) is 11.7. The van der Waals surface area contributed by atoms with Crippen LogP contribution in [0.4, 0.5) is 0 Å². The van der Waals surface area contributed by atoms with E-state index in [-0.39, 0.29) is 6.04 Å². The maximum atomic E-state index is 6.22. The van der Waals surface area contributed by atoms with Gasteiger partial charge in [-0.05, 0) is 31.4 Å². The van der Waals surface area contributed by atoms with Crippen LogP contribution in [0.15, 0.2) is 24.3 Å². The van der Waals surface area contributed by atoms with Gasteiger partial charge in [0.15, 0.2) is 0 Å². The number of ether oxygens (including phenoxy) is 1. The van der Waals surface area contributed by atoms with Crippen LogP contribution in [-0.4, -0.2) is 19.3 Å². The molecule has 2 unspecified atom stereocenters. The molecular weight excluding hydrogens is 246 g/mol. The fraction of sp³-hybridized carbons (Fsp3) is 0.600. The van der Waals surface area contributed by atoms with Crippen molar-refractivity contribution in [3.8, 4) is 0 Å². The molecule has 3 heteroatoms. The van der Waals surface area contributed by atoms with Gasteiger partial charge in [0.1, 0.15) is 0 Å². The van der Waals surface area contributed by atoms with Crippen molar-refractivity contribution in [1.82, 2.24) is 5.32 Å². The lowest BCUT2D eigenvalue weighted by Gasteiger charge is -2.27. The first-order valence-corrected chi connectivity index (χ1v) is 7.02. The molecule has 0 saturated heterocycles. The minimum absolute atomic E-state index is 0.228. The Bertz CT molecular complexity index is 354. The van der Waals surface area contributed by atoms with Crippen LogP contribution in [0, 0.1) is 5.92 Å². The number of halogens is 1. The van der Waals surface area contributed by atoms with E-state index in [1.54, 1.807) is 0 Å². The summed E-state index contributed by atoms with van der Waals surface area (Å²) >= 11 is 6.22. The molecule has 0 aliphatic heterocycles. The second-order valence-electron chi connectivity index (χ2n) is 4.92. The maximum Gasteiger partial charge on any atom is 0.0622 e. The second-order valence-corrected chi connectivity index (χ2v) is 5.33. The Labute approximate surface area is 116 Å². The fourth-order valence-electron chi connectivity index (χ4n) is 1.91. The smallest absolute Gasteiger partial charge is 0.0622 e. The summed E-state index contributed by atoms with van der Waals surface area (Å²) in [6.07, 6.45) is 0. The van der Waals surface area contributed by atoms with Gasteiger partial charge in [-0.3, -0.25) is 0 Å². The summed E-state index contributed by atoms with van der Waals surface area (Å²) in [4.78, 5) is 0. The molecule has 102 valence electrons. The SMILES string of the molecule is CCOCC(NC(C)c1ccccc1Cl)C(C)C. The van der Waals surface area contributed by atoms with Gasteiger partial charge >= 0.3 is 0 Å². The molecule has 2 nitrogen and oxygen atoms in total. The number of hydrogen-bond acceptors (Lipinski definition) is 2. The Kier molecular flexibility index (Phi) is 6.69. The second kappa shape index (κ2) is 7.78. The van der Waals surface area contributed by atoms with E-state index in [0.29, 0.717) is 12.0 Å². The third-order valence-electron chi connectivity index (χ3n) is 3.14. The van der Waals surface area contributed by atoms with Crippen molar-refractivity contribution in [3.63, 3.8) is 0 Å². The van der Waals surface area contributed by atoms with Gasteiger partial charge in [-0.1, -0.05) is 43.6 Å². The Morgan fingerprint density at radius 2 is 1.89 bits per heavy atom. The van der Waals surface area contributed by atoms with Crippen LogP contribution in [0.5, 0.6) is 0 Å². The molecule has 0 amide bonds. The lowest BCUT2D eigenvalue weighted by molar-refractivity contribution is 0.104. The molecule has 0 bridgehead atoms. The number of rotatable bonds is 7. The summed E-state index contributed by atoms with van der Waals surface area (Å²) < 4.78 is 5.53. The molecule has 0 aliphatic carbocycles. The van der Waals surface area contributed by atoms with Crippen molar-refractivity contribution < 1.29 is 4.74 Å². The van der Waals surface area contributed by atoms with Crippen molar-refractivity contribution in [1.29, 1.82) is 0 Å². The lowest BCUT2D eigenvalue weighted by atomic mass is 10.0. The highest BCUT2D eigenvalue weighted by atomic mass is 35.5. The molecule has 2 atom stereocenters. The third-order valence-corrected chi connectivity index (χ3v) is 3.49. The van der Waals surface area contributed by atoms with Crippen molar-refractivity contribution in [3.05, 3.63) is 34.9 Å². The number of nitrogens with one attached hydrogen (secondary N) is 1. The molecule has 0 fully saturated rings. The van der Waals surface area contributed by atoms with E-state index in [1.165, 1.54) is 0 Å². The van der Waals surface area contributed by atoms with Crippen LogP contribution in [0.25, 0.3) is 0 Å². The van der Waals surface area contributed by atoms with Crippen LogP contribution in [0.3, 0.4) is 0 Å². The van der Waals surface area contributed by atoms with Gasteiger partial charge in [-0.25, -0.2) is 0 Å². The van der Waals surface area contributed by atoms with E-state index < -0.39 is 0 Å². The van der Waals surface area contributed by atoms with Crippen molar-refractivity contribution in [2.45, 2.75) is 39.8 Å². The van der Waals surface area contributed by atoms with Gasteiger partial charge < -0.3 is 10.1 Å². The molecular formula is C15H24ClNO. The zero-order valence-corrected chi connectivity index (χ0v) is 12.5. The van der Waals surface area contributed by atoms with E-state index >= 15 is 0 Å². The number of benzene rings is 1. The highest BCUT2D eigenvalue weighted by molar-refractivity contribution is 6.31. The lowest BCUT2D eigenvalue weighted by Crippen LogP contribution is -2.39. The largest absolute Gasteiger partial charge is 0.380 e. The Morgan fingerprint density at radius 1 is 1.22 bits per heavy atom. The highest BCUT2D eigenvalue weighted by Crippen LogP contribution is 2.23. The minimum Gasteiger partial charge on any atom is -0.380 e. The predicted molar refractivity (Wildman–Crippen MR) is 78.1 cm³/mol. The molecule has 18 heavy (non-hydrogen) atoms. The van der Waals surface area contributed by atoms with Crippen LogP contribution in [-0.2, 0) is 4.74 Å². The van der Waals surface area contributed by atoms with Crippen molar-refractivity contribution in [2.24, 2.45) is 5.92 Å². The highest BCUT2D eigenvalue weighted by Gasteiger charge is 2.18. The van der Waals surface area contributed by atoms with Crippen LogP contribution >= 0.6 is 11.6 Å². The van der Waals surface area contributed by atoms with Crippen molar-refractivity contribution in [2.75, 3.05) is 13.2 Å². The molecule has 0 spiro atoms. The van der Waals surface area contributed by atoms with Crippen molar-refractivity contribution >= 4 is 11.6 Å². The van der Waals surface area contributed by atoms with E-state index in [0.717, 1.165) is 23.8 Å². The first kappa shape index (κ1) is 15.5. The van der Waals surface area contributed by atoms with E-state index in [9.17, 15) is 0 Å². The summed E-state index contributed by atoms with van der Waals surface area (Å²) in [5.74, 6) is 0.529. The topological polar surface area (TPSA) is 21.3 Å². The molecule has 0 aromatic heterocycles. The molecule has 1 aromatic rings. The van der Waals surface area contributed by atoms with Gasteiger partial charge in [0.05, 0.1) is 6.61 Å². The average Bonchev–Trinajstić information content (AvgIpc) is 2.34. The maximum absolute atomic E-state index is 6.22. The van der Waals surface area contributed by atoms with Gasteiger partial charge in [0.2, 0.25) is 0 Å². The first-order valence-electron chi connectivity index (χ1n) is 6.64. The monoisotopic (exact) mass is 269 g/mol. The first-order chi connectivity index (χ1) is 8.56. The minimum atomic E-state index is 0.228. The normalized spacial score (nSPS) is 14.8. The molecule has 1 aromatic carbocycles. The van der Waals surface area contributed by atoms with E-state index in [1.807, 2.05) is 25.1 Å². The van der Waals surface area contributed by atoms with E-state index in [4.69, 9.17) is 16.3 Å². The third kappa shape index (κ3) is 4.60. The molecule has 1 N–H and O–H groups in total. The fourth-order valence-corrected chi connectivity index (χ4v) is 2.21. The predicted octanol–water partition coefficient (Wildman–Crippen LogP) is 4.05. The summed E-state index contributed by atoms with van der Waals surface area (Å²) in [6, 6.07) is 8.55. The molecule has 0 radical (unpaired) electrons. The number of hydrogen-bond donors (Lipinski definition) is 1. The molecule has 0 heterocycles. The van der Waals surface area contributed by atoms with Crippen LogP contribution in [0.1, 0.15) is 39.3 Å². The summed E-state index contributed by atoms with van der Waals surface area (Å²) in [7, 11) is 0.